The van der Waals surface area contributed by atoms with Crippen LogP contribution >= 0.6 is 0 Å². The van der Waals surface area contributed by atoms with Crippen molar-refractivity contribution in [2.45, 2.75) is 40.2 Å². The van der Waals surface area contributed by atoms with E-state index >= 15 is 0 Å². The van der Waals surface area contributed by atoms with Gasteiger partial charge >= 0.3 is 0 Å². The number of aryl methyl sites for hydroxylation is 2. The molecule has 3 aromatic rings. The Labute approximate surface area is 194 Å². The first kappa shape index (κ1) is 23.1. The van der Waals surface area contributed by atoms with E-state index in [1.54, 1.807) is 12.0 Å². The fourth-order valence-electron chi connectivity index (χ4n) is 4.64. The monoisotopic (exact) mass is 448 g/mol. The summed E-state index contributed by atoms with van der Waals surface area (Å²) in [4.78, 5) is 31.3. The Morgan fingerprint density at radius 3 is 2.33 bits per heavy atom. The van der Waals surface area contributed by atoms with Crippen molar-refractivity contribution in [1.82, 2.24) is 9.80 Å². The maximum Gasteiger partial charge on any atom is 0.290 e. The zero-order valence-electron chi connectivity index (χ0n) is 20.1. The molecule has 2 aromatic carbocycles. The fourth-order valence-corrected chi connectivity index (χ4v) is 4.64. The number of carbonyl (C=O) groups excluding carboxylic acids is 1. The SMILES string of the molecule is CCN(CC)CCCN1C(=O)c2oc3cc(C)c(C)cc3c(=O)c2[C@H]1c1ccc(OC)cc1. The van der Waals surface area contributed by atoms with E-state index in [0.29, 0.717) is 23.1 Å². The normalized spacial score (nSPS) is 15.5. The zero-order chi connectivity index (χ0) is 23.7. The molecule has 33 heavy (non-hydrogen) atoms. The molecule has 174 valence electrons. The van der Waals surface area contributed by atoms with Gasteiger partial charge in [0.1, 0.15) is 11.3 Å². The Bertz CT molecular complexity index is 1230. The van der Waals surface area contributed by atoms with Crippen LogP contribution < -0.4 is 10.2 Å². The summed E-state index contributed by atoms with van der Waals surface area (Å²) in [6.07, 6.45) is 0.819. The topological polar surface area (TPSA) is 63.0 Å². The molecular weight excluding hydrogens is 416 g/mol. The first-order valence-corrected chi connectivity index (χ1v) is 11.6. The third-order valence-electron chi connectivity index (χ3n) is 6.78. The lowest BCUT2D eigenvalue weighted by Gasteiger charge is -2.26. The van der Waals surface area contributed by atoms with Gasteiger partial charge in [0.05, 0.1) is 24.1 Å². The molecule has 0 saturated heterocycles. The molecule has 0 radical (unpaired) electrons. The van der Waals surface area contributed by atoms with E-state index in [1.807, 2.05) is 50.2 Å². The number of hydrogen-bond acceptors (Lipinski definition) is 5. The Morgan fingerprint density at radius 1 is 1.03 bits per heavy atom. The number of methoxy groups -OCH3 is 1. The second-order valence-corrected chi connectivity index (χ2v) is 8.66. The third kappa shape index (κ3) is 4.15. The number of ether oxygens (including phenoxy) is 1. The molecule has 1 amide bonds. The Balaban J connectivity index is 1.82. The van der Waals surface area contributed by atoms with Crippen molar-refractivity contribution in [3.05, 3.63) is 74.6 Å². The van der Waals surface area contributed by atoms with Gasteiger partial charge in [0.15, 0.2) is 5.43 Å². The number of fused-ring (bicyclic) bond motifs is 2. The first-order valence-electron chi connectivity index (χ1n) is 11.6. The minimum absolute atomic E-state index is 0.130. The second kappa shape index (κ2) is 9.40. The second-order valence-electron chi connectivity index (χ2n) is 8.66. The molecule has 0 aliphatic carbocycles. The maximum absolute atomic E-state index is 13.7. The van der Waals surface area contributed by atoms with E-state index in [9.17, 15) is 9.59 Å². The highest BCUT2D eigenvalue weighted by molar-refractivity contribution is 5.99. The summed E-state index contributed by atoms with van der Waals surface area (Å²) in [5, 5.41) is 0.521. The molecule has 0 unspecified atom stereocenters. The van der Waals surface area contributed by atoms with Crippen LogP contribution in [0.25, 0.3) is 11.0 Å². The minimum atomic E-state index is -0.475. The van der Waals surface area contributed by atoms with Crippen LogP contribution in [0, 0.1) is 13.8 Å². The van der Waals surface area contributed by atoms with Gasteiger partial charge in [-0.15, -0.1) is 0 Å². The molecule has 1 atom stereocenters. The number of hydrogen-bond donors (Lipinski definition) is 0. The number of amides is 1. The molecule has 0 N–H and O–H groups in total. The molecule has 0 bridgehead atoms. The summed E-state index contributed by atoms with van der Waals surface area (Å²) in [5.74, 6) is 0.676. The van der Waals surface area contributed by atoms with Crippen molar-refractivity contribution in [3.8, 4) is 5.75 Å². The van der Waals surface area contributed by atoms with Gasteiger partial charge in [0, 0.05) is 6.54 Å². The van der Waals surface area contributed by atoms with Crippen LogP contribution in [0.2, 0.25) is 0 Å². The Hall–Kier alpha value is -3.12. The van der Waals surface area contributed by atoms with Gasteiger partial charge in [-0.3, -0.25) is 9.59 Å². The highest BCUT2D eigenvalue weighted by Gasteiger charge is 2.42. The molecule has 2 heterocycles. The van der Waals surface area contributed by atoms with Crippen molar-refractivity contribution in [3.63, 3.8) is 0 Å². The molecule has 0 spiro atoms. The molecule has 4 rings (SSSR count). The summed E-state index contributed by atoms with van der Waals surface area (Å²) in [5.41, 5.74) is 3.70. The standard InChI is InChI=1S/C27H32N2O4/c1-6-28(7-2)13-8-14-29-24(19-9-11-20(32-5)12-10-19)23-25(30)21-15-17(3)18(4)16-22(21)33-26(23)27(29)31/h9-12,15-16,24H,6-8,13-14H2,1-5H3/t24-/m1/s1. The van der Waals surface area contributed by atoms with Crippen molar-refractivity contribution < 1.29 is 13.9 Å². The van der Waals surface area contributed by atoms with Crippen molar-refractivity contribution >= 4 is 16.9 Å². The lowest BCUT2D eigenvalue weighted by atomic mass is 9.97. The average Bonchev–Trinajstić information content (AvgIpc) is 3.10. The van der Waals surface area contributed by atoms with Crippen LogP contribution in [0.5, 0.6) is 5.75 Å². The molecule has 1 aromatic heterocycles. The quantitative estimate of drug-likeness (QED) is 0.500. The van der Waals surface area contributed by atoms with Gasteiger partial charge in [-0.2, -0.15) is 0 Å². The van der Waals surface area contributed by atoms with Gasteiger partial charge in [0.25, 0.3) is 5.91 Å². The van der Waals surface area contributed by atoms with Gasteiger partial charge in [-0.25, -0.2) is 0 Å². The molecule has 0 fully saturated rings. The van der Waals surface area contributed by atoms with Crippen molar-refractivity contribution in [2.24, 2.45) is 0 Å². The molecule has 1 aliphatic heterocycles. The predicted molar refractivity (Wildman–Crippen MR) is 130 cm³/mol. The van der Waals surface area contributed by atoms with Crippen LogP contribution in [-0.4, -0.2) is 49.0 Å². The summed E-state index contributed by atoms with van der Waals surface area (Å²) in [7, 11) is 1.62. The highest BCUT2D eigenvalue weighted by atomic mass is 16.5. The number of nitrogens with zero attached hydrogens (tertiary/aromatic N) is 2. The summed E-state index contributed by atoms with van der Waals surface area (Å²) < 4.78 is 11.4. The molecule has 6 nitrogen and oxygen atoms in total. The smallest absolute Gasteiger partial charge is 0.290 e. The highest BCUT2D eigenvalue weighted by Crippen LogP contribution is 2.39. The van der Waals surface area contributed by atoms with E-state index in [2.05, 4.69) is 18.7 Å². The maximum atomic E-state index is 13.7. The molecular formula is C27H32N2O4. The van der Waals surface area contributed by atoms with E-state index in [0.717, 1.165) is 48.5 Å². The number of benzene rings is 2. The minimum Gasteiger partial charge on any atom is -0.497 e. The van der Waals surface area contributed by atoms with Gasteiger partial charge < -0.3 is 19.0 Å². The van der Waals surface area contributed by atoms with E-state index in [-0.39, 0.29) is 17.1 Å². The van der Waals surface area contributed by atoms with Crippen LogP contribution in [-0.2, 0) is 0 Å². The first-order chi connectivity index (χ1) is 15.9. The lowest BCUT2D eigenvalue weighted by molar-refractivity contribution is 0.0720. The van der Waals surface area contributed by atoms with Gasteiger partial charge in [-0.1, -0.05) is 26.0 Å². The van der Waals surface area contributed by atoms with Gasteiger partial charge in [-0.05, 0) is 80.9 Å². The number of rotatable bonds is 8. The van der Waals surface area contributed by atoms with Crippen LogP contribution in [0.3, 0.4) is 0 Å². The fraction of sp³-hybridized carbons (Fsp3) is 0.407. The average molecular weight is 449 g/mol. The van der Waals surface area contributed by atoms with Crippen LogP contribution in [0.4, 0.5) is 0 Å². The largest absolute Gasteiger partial charge is 0.497 e. The zero-order valence-corrected chi connectivity index (χ0v) is 20.1. The number of carbonyl (C=O) groups is 1. The predicted octanol–water partition coefficient (Wildman–Crippen LogP) is 4.70. The van der Waals surface area contributed by atoms with Crippen LogP contribution in [0.15, 0.2) is 45.6 Å². The third-order valence-corrected chi connectivity index (χ3v) is 6.78. The van der Waals surface area contributed by atoms with Gasteiger partial charge in [0.2, 0.25) is 5.76 Å². The Morgan fingerprint density at radius 2 is 1.70 bits per heavy atom. The summed E-state index contributed by atoms with van der Waals surface area (Å²) >= 11 is 0. The molecule has 0 saturated carbocycles. The van der Waals surface area contributed by atoms with Crippen molar-refractivity contribution in [1.29, 1.82) is 0 Å². The van der Waals surface area contributed by atoms with Crippen molar-refractivity contribution in [2.75, 3.05) is 33.3 Å². The van der Waals surface area contributed by atoms with E-state index in [4.69, 9.17) is 9.15 Å². The summed E-state index contributed by atoms with van der Waals surface area (Å²) in [6.45, 7) is 11.6. The van der Waals surface area contributed by atoms with E-state index in [1.165, 1.54) is 0 Å². The van der Waals surface area contributed by atoms with Crippen LogP contribution in [0.1, 0.15) is 59.1 Å². The Kier molecular flexibility index (Phi) is 6.56. The molecule has 6 heteroatoms. The lowest BCUT2D eigenvalue weighted by Crippen LogP contribution is -2.33. The summed E-state index contributed by atoms with van der Waals surface area (Å²) in [6, 6.07) is 10.8. The molecule has 1 aliphatic rings. The van der Waals surface area contributed by atoms with E-state index < -0.39 is 6.04 Å².